The van der Waals surface area contributed by atoms with Gasteiger partial charge in [0.25, 0.3) is 0 Å². The lowest BCUT2D eigenvalue weighted by Crippen LogP contribution is -2.33. The second-order valence-electron chi connectivity index (χ2n) is 15.2. The van der Waals surface area contributed by atoms with Crippen LogP contribution < -0.4 is 14.7 Å². The highest BCUT2D eigenvalue weighted by Crippen LogP contribution is 2.51. The fourth-order valence-corrected chi connectivity index (χ4v) is 9.97. The summed E-state index contributed by atoms with van der Waals surface area (Å²) >= 11 is 1.87. The van der Waals surface area contributed by atoms with Gasteiger partial charge < -0.3 is 9.80 Å². The van der Waals surface area contributed by atoms with Crippen LogP contribution in [0.3, 0.4) is 0 Å². The van der Waals surface area contributed by atoms with Gasteiger partial charge >= 0.3 is 0 Å². The molecule has 1 aliphatic carbocycles. The Balaban J connectivity index is 0.958. The van der Waals surface area contributed by atoms with Crippen LogP contribution >= 0.6 is 11.3 Å². The first-order chi connectivity index (χ1) is 29.2. The van der Waals surface area contributed by atoms with E-state index in [0.29, 0.717) is 11.9 Å². The van der Waals surface area contributed by atoms with Crippen LogP contribution in [0, 0.1) is 5.92 Å². The van der Waals surface area contributed by atoms with E-state index in [1.165, 1.54) is 53.8 Å². The van der Waals surface area contributed by atoms with E-state index in [9.17, 15) is 0 Å². The van der Waals surface area contributed by atoms with Crippen molar-refractivity contribution in [1.82, 2.24) is 9.97 Å². The Bertz CT molecular complexity index is 2970. The molecule has 9 aromatic rings. The molecule has 2 unspecified atom stereocenters. The standard InChI is InChI=1S/C53H39N5S/c1-36-14-13-22-47-48-33-43(56(39-15-5-2-6-16-39)44-34-54-53(55-35-44)57(40-17-7-3-8-18-40)41-19-9-4-10-20-41)29-31-49(48)58(52(36)47)42-27-24-37(25-28-42)38-26-30-46-45-21-11-12-23-50(45)59-51(46)32-38/h2-36,52H,1H3. The SMILES string of the molecule is CC1C=CC=C2c3cc(N(c4ccccc4)c4cnc(N(c5ccccc5)c5ccccc5)nc4)ccc3N(c3ccc(-c4ccc5c(c4)sc4ccccc45)cc3)C21. The average Bonchev–Trinajstić information content (AvgIpc) is 3.84. The minimum absolute atomic E-state index is 0.181. The first kappa shape index (κ1) is 34.9. The number of hydrogen-bond acceptors (Lipinski definition) is 6. The number of nitrogens with zero attached hydrogens (tertiary/aromatic N) is 5. The maximum Gasteiger partial charge on any atom is 0.234 e. The fourth-order valence-electron chi connectivity index (χ4n) is 8.82. The fraction of sp³-hybridized carbons (Fsp3) is 0.0566. The predicted molar refractivity (Wildman–Crippen MR) is 248 cm³/mol. The second kappa shape index (κ2) is 14.6. The maximum atomic E-state index is 5.00. The van der Waals surface area contributed by atoms with Gasteiger partial charge in [0.1, 0.15) is 0 Å². The molecule has 0 spiro atoms. The zero-order valence-corrected chi connectivity index (χ0v) is 33.2. The molecule has 2 atom stereocenters. The summed E-state index contributed by atoms with van der Waals surface area (Å²) in [4.78, 5) is 16.9. The van der Waals surface area contributed by atoms with E-state index < -0.39 is 0 Å². The van der Waals surface area contributed by atoms with Crippen LogP contribution in [-0.2, 0) is 0 Å². The predicted octanol–water partition coefficient (Wildman–Crippen LogP) is 14.6. The summed E-state index contributed by atoms with van der Waals surface area (Å²) in [7, 11) is 0. The van der Waals surface area contributed by atoms with Crippen molar-refractivity contribution in [2.45, 2.75) is 13.0 Å². The topological polar surface area (TPSA) is 35.5 Å². The van der Waals surface area contributed by atoms with Crippen molar-refractivity contribution in [2.24, 2.45) is 5.92 Å². The minimum Gasteiger partial charge on any atom is -0.333 e. The van der Waals surface area contributed by atoms with Crippen molar-refractivity contribution in [3.05, 3.63) is 212 Å². The van der Waals surface area contributed by atoms with Gasteiger partial charge in [-0.05, 0) is 101 Å². The lowest BCUT2D eigenvalue weighted by atomic mass is 9.88. The van der Waals surface area contributed by atoms with E-state index in [-0.39, 0.29) is 6.04 Å². The molecule has 1 aliphatic heterocycles. The lowest BCUT2D eigenvalue weighted by molar-refractivity contribution is 0.637. The van der Waals surface area contributed by atoms with Crippen molar-refractivity contribution >= 4 is 82.8 Å². The number of benzene rings is 7. The zero-order valence-electron chi connectivity index (χ0n) is 32.4. The van der Waals surface area contributed by atoms with E-state index in [2.05, 4.69) is 179 Å². The van der Waals surface area contributed by atoms with Gasteiger partial charge in [-0.1, -0.05) is 122 Å². The molecule has 282 valence electrons. The highest BCUT2D eigenvalue weighted by atomic mass is 32.1. The molecule has 5 nitrogen and oxygen atoms in total. The van der Waals surface area contributed by atoms with E-state index in [0.717, 1.165) is 28.4 Å². The van der Waals surface area contributed by atoms with Gasteiger partial charge in [0.2, 0.25) is 5.95 Å². The molecular formula is C53H39N5S. The molecule has 7 aromatic carbocycles. The smallest absolute Gasteiger partial charge is 0.234 e. The Hall–Kier alpha value is -7.28. The van der Waals surface area contributed by atoms with Gasteiger partial charge in [0, 0.05) is 59.9 Å². The van der Waals surface area contributed by atoms with Crippen molar-refractivity contribution in [3.63, 3.8) is 0 Å². The Morgan fingerprint density at radius 3 is 1.83 bits per heavy atom. The third-order valence-corrected chi connectivity index (χ3v) is 12.7. The number of aromatic nitrogens is 2. The quantitative estimate of drug-likeness (QED) is 0.154. The molecule has 3 heterocycles. The number of anilines is 8. The summed E-state index contributed by atoms with van der Waals surface area (Å²) in [6, 6.07) is 62.8. The van der Waals surface area contributed by atoms with Gasteiger partial charge in [-0.15, -0.1) is 11.3 Å². The van der Waals surface area contributed by atoms with Crippen molar-refractivity contribution in [2.75, 3.05) is 14.7 Å². The van der Waals surface area contributed by atoms with Gasteiger partial charge in [-0.2, -0.15) is 0 Å². The third kappa shape index (κ3) is 6.17. The number of hydrogen-bond donors (Lipinski definition) is 0. The van der Waals surface area contributed by atoms with E-state index in [4.69, 9.17) is 9.97 Å². The molecule has 2 aromatic heterocycles. The molecule has 0 amide bonds. The van der Waals surface area contributed by atoms with Gasteiger partial charge in [0.15, 0.2) is 0 Å². The van der Waals surface area contributed by atoms with Crippen LogP contribution in [0.2, 0.25) is 0 Å². The lowest BCUT2D eigenvalue weighted by Gasteiger charge is -2.32. The minimum atomic E-state index is 0.181. The average molecular weight is 778 g/mol. The van der Waals surface area contributed by atoms with E-state index in [1.54, 1.807) is 0 Å². The first-order valence-corrected chi connectivity index (χ1v) is 20.9. The van der Waals surface area contributed by atoms with Crippen molar-refractivity contribution in [1.29, 1.82) is 0 Å². The molecule has 11 rings (SSSR count). The largest absolute Gasteiger partial charge is 0.333 e. The van der Waals surface area contributed by atoms with Crippen molar-refractivity contribution < 1.29 is 0 Å². The molecule has 0 radical (unpaired) electrons. The Morgan fingerprint density at radius 2 is 1.14 bits per heavy atom. The van der Waals surface area contributed by atoms with Crippen LogP contribution in [-0.4, -0.2) is 16.0 Å². The Morgan fingerprint density at radius 1 is 0.525 bits per heavy atom. The molecule has 6 heteroatoms. The molecule has 0 bridgehead atoms. The second-order valence-corrected chi connectivity index (χ2v) is 16.2. The van der Waals surface area contributed by atoms with Crippen LogP contribution in [0.25, 0.3) is 36.9 Å². The Kier molecular flexibility index (Phi) is 8.63. The van der Waals surface area contributed by atoms with Crippen LogP contribution in [0.15, 0.2) is 207 Å². The number of fused-ring (bicyclic) bond motifs is 6. The van der Waals surface area contributed by atoms with E-state index >= 15 is 0 Å². The summed E-state index contributed by atoms with van der Waals surface area (Å²) in [5, 5.41) is 2.66. The number of thiophene rings is 1. The normalized spacial score (nSPS) is 15.5. The van der Waals surface area contributed by atoms with Crippen LogP contribution in [0.4, 0.5) is 45.8 Å². The Labute approximate surface area is 348 Å². The summed E-state index contributed by atoms with van der Waals surface area (Å²) in [6.45, 7) is 2.33. The first-order valence-electron chi connectivity index (χ1n) is 20.1. The number of rotatable bonds is 8. The molecule has 59 heavy (non-hydrogen) atoms. The number of para-hydroxylation sites is 3. The molecule has 2 aliphatic rings. The van der Waals surface area contributed by atoms with Crippen LogP contribution in [0.5, 0.6) is 0 Å². The molecule has 0 fully saturated rings. The van der Waals surface area contributed by atoms with Gasteiger partial charge in [-0.3, -0.25) is 4.90 Å². The van der Waals surface area contributed by atoms with Crippen molar-refractivity contribution in [3.8, 4) is 11.1 Å². The number of allylic oxidation sites excluding steroid dienone is 2. The van der Waals surface area contributed by atoms with E-state index in [1.807, 2.05) is 60.1 Å². The molecule has 0 saturated carbocycles. The summed E-state index contributed by atoms with van der Waals surface area (Å²) in [6.07, 6.45) is 10.7. The maximum absolute atomic E-state index is 5.00. The monoisotopic (exact) mass is 777 g/mol. The molecule has 0 N–H and O–H groups in total. The third-order valence-electron chi connectivity index (χ3n) is 11.6. The zero-order chi connectivity index (χ0) is 39.3. The molecular weight excluding hydrogens is 739 g/mol. The highest BCUT2D eigenvalue weighted by Gasteiger charge is 2.39. The van der Waals surface area contributed by atoms with Gasteiger partial charge in [-0.25, -0.2) is 9.97 Å². The summed E-state index contributed by atoms with van der Waals surface area (Å²) < 4.78 is 2.65. The van der Waals surface area contributed by atoms with Gasteiger partial charge in [0.05, 0.1) is 24.1 Å². The molecule has 0 saturated heterocycles. The summed E-state index contributed by atoms with van der Waals surface area (Å²) in [5.74, 6) is 0.927. The van der Waals surface area contributed by atoms with Crippen LogP contribution in [0.1, 0.15) is 12.5 Å². The highest BCUT2D eigenvalue weighted by molar-refractivity contribution is 7.25. The summed E-state index contributed by atoms with van der Waals surface area (Å²) in [5.41, 5.74) is 12.4.